The van der Waals surface area contributed by atoms with Crippen LogP contribution in [0.1, 0.15) is 43.5 Å². The second-order valence-corrected chi connectivity index (χ2v) is 6.30. The zero-order chi connectivity index (χ0) is 15.2. The van der Waals surface area contributed by atoms with Crippen molar-refractivity contribution in [3.63, 3.8) is 0 Å². The number of amides is 1. The first-order valence-electron chi connectivity index (χ1n) is 7.42. The summed E-state index contributed by atoms with van der Waals surface area (Å²) in [6.45, 7) is 2.79. The van der Waals surface area contributed by atoms with Gasteiger partial charge < -0.3 is 10.0 Å². The van der Waals surface area contributed by atoms with E-state index in [-0.39, 0.29) is 18.5 Å². The third-order valence-corrected chi connectivity index (χ3v) is 4.79. The molecule has 2 heterocycles. The molecular formula is C15H22N2O3S. The summed E-state index contributed by atoms with van der Waals surface area (Å²) in [4.78, 5) is 26.5. The number of aliphatic carboxylic acids is 1. The van der Waals surface area contributed by atoms with Crippen LogP contribution in [0.5, 0.6) is 0 Å². The smallest absolute Gasteiger partial charge is 0.320 e. The van der Waals surface area contributed by atoms with Gasteiger partial charge in [0.05, 0.1) is 12.6 Å². The van der Waals surface area contributed by atoms with Crippen LogP contribution in [0.2, 0.25) is 0 Å². The Bertz CT molecular complexity index is 475. The Morgan fingerprint density at radius 2 is 2.38 bits per heavy atom. The van der Waals surface area contributed by atoms with Gasteiger partial charge in [-0.3, -0.25) is 14.9 Å². The Hall–Kier alpha value is -1.40. The van der Waals surface area contributed by atoms with Crippen molar-refractivity contribution in [3.05, 3.63) is 22.4 Å². The van der Waals surface area contributed by atoms with Gasteiger partial charge in [0.15, 0.2) is 0 Å². The van der Waals surface area contributed by atoms with E-state index in [0.29, 0.717) is 6.42 Å². The highest BCUT2D eigenvalue weighted by atomic mass is 32.1. The van der Waals surface area contributed by atoms with Crippen LogP contribution < -0.4 is 5.32 Å². The van der Waals surface area contributed by atoms with E-state index < -0.39 is 12.0 Å². The summed E-state index contributed by atoms with van der Waals surface area (Å²) in [7, 11) is 0. The van der Waals surface area contributed by atoms with Crippen molar-refractivity contribution in [2.75, 3.05) is 13.1 Å². The lowest BCUT2D eigenvalue weighted by Gasteiger charge is -2.25. The Morgan fingerprint density at radius 3 is 3.00 bits per heavy atom. The summed E-state index contributed by atoms with van der Waals surface area (Å²) in [5.41, 5.74) is 0. The van der Waals surface area contributed by atoms with Crippen LogP contribution >= 0.6 is 11.3 Å². The molecule has 6 heteroatoms. The molecule has 1 fully saturated rings. The van der Waals surface area contributed by atoms with Gasteiger partial charge in [-0.25, -0.2) is 0 Å². The Labute approximate surface area is 129 Å². The quantitative estimate of drug-likeness (QED) is 0.810. The van der Waals surface area contributed by atoms with Gasteiger partial charge in [0.1, 0.15) is 6.04 Å². The maximum Gasteiger partial charge on any atom is 0.320 e. The summed E-state index contributed by atoms with van der Waals surface area (Å²) in [6.07, 6.45) is 3.31. The molecule has 1 aliphatic heterocycles. The zero-order valence-electron chi connectivity index (χ0n) is 12.2. The van der Waals surface area contributed by atoms with Crippen LogP contribution in [0, 0.1) is 0 Å². The van der Waals surface area contributed by atoms with E-state index in [1.165, 1.54) is 4.88 Å². The van der Waals surface area contributed by atoms with Crippen LogP contribution in [-0.4, -0.2) is 41.0 Å². The van der Waals surface area contributed by atoms with Crippen molar-refractivity contribution in [1.82, 2.24) is 10.2 Å². The molecule has 0 spiro atoms. The standard InChI is InChI=1S/C15H22N2O3S/c1-2-5-11(15(19)20)16-10-14(18)17-8-3-6-12(17)13-7-4-9-21-13/h4,7,9,11-12,16H,2-3,5-6,8,10H2,1H3,(H,19,20). The minimum absolute atomic E-state index is 0.00625. The number of hydrogen-bond donors (Lipinski definition) is 2. The fourth-order valence-corrected chi connectivity index (χ4v) is 3.63. The molecular weight excluding hydrogens is 288 g/mol. The number of thiophene rings is 1. The first kappa shape index (κ1) is 16.0. The van der Waals surface area contributed by atoms with Gasteiger partial charge in [-0.05, 0) is 30.7 Å². The third-order valence-electron chi connectivity index (χ3n) is 3.82. The highest BCUT2D eigenvalue weighted by Gasteiger charge is 2.30. The number of hydrogen-bond acceptors (Lipinski definition) is 4. The molecule has 0 bridgehead atoms. The highest BCUT2D eigenvalue weighted by Crippen LogP contribution is 2.34. The molecule has 1 aliphatic rings. The normalized spacial score (nSPS) is 19.7. The number of carbonyl (C=O) groups is 2. The van der Waals surface area contributed by atoms with Crippen LogP contribution in [-0.2, 0) is 9.59 Å². The van der Waals surface area contributed by atoms with Crippen molar-refractivity contribution in [1.29, 1.82) is 0 Å². The van der Waals surface area contributed by atoms with Gasteiger partial charge in [0.2, 0.25) is 5.91 Å². The largest absolute Gasteiger partial charge is 0.480 e. The first-order chi connectivity index (χ1) is 10.1. The predicted octanol–water partition coefficient (Wildman–Crippen LogP) is 2.25. The molecule has 2 N–H and O–H groups in total. The molecule has 0 saturated carbocycles. The first-order valence-corrected chi connectivity index (χ1v) is 8.30. The molecule has 1 aromatic rings. The lowest BCUT2D eigenvalue weighted by atomic mass is 10.1. The molecule has 1 saturated heterocycles. The summed E-state index contributed by atoms with van der Waals surface area (Å²) in [5, 5.41) is 14.0. The third kappa shape index (κ3) is 4.04. The van der Waals surface area contributed by atoms with Crippen LogP contribution in [0.3, 0.4) is 0 Å². The molecule has 2 rings (SSSR count). The Morgan fingerprint density at radius 1 is 1.57 bits per heavy atom. The van der Waals surface area contributed by atoms with E-state index in [2.05, 4.69) is 11.4 Å². The predicted molar refractivity (Wildman–Crippen MR) is 82.3 cm³/mol. The highest BCUT2D eigenvalue weighted by molar-refractivity contribution is 7.10. The molecule has 116 valence electrons. The van der Waals surface area contributed by atoms with Gasteiger partial charge in [-0.2, -0.15) is 0 Å². The molecule has 5 nitrogen and oxygen atoms in total. The Balaban J connectivity index is 1.91. The number of carboxylic acids is 1. The topological polar surface area (TPSA) is 69.6 Å². The van der Waals surface area contributed by atoms with Crippen LogP contribution in [0.25, 0.3) is 0 Å². The minimum Gasteiger partial charge on any atom is -0.480 e. The molecule has 1 amide bonds. The van der Waals surface area contributed by atoms with Crippen molar-refractivity contribution in [2.45, 2.75) is 44.7 Å². The number of carbonyl (C=O) groups excluding carboxylic acids is 1. The van der Waals surface area contributed by atoms with E-state index in [9.17, 15) is 9.59 Å². The molecule has 21 heavy (non-hydrogen) atoms. The number of nitrogens with one attached hydrogen (secondary N) is 1. The maximum absolute atomic E-state index is 12.4. The van der Waals surface area contributed by atoms with Gasteiger partial charge >= 0.3 is 5.97 Å². The monoisotopic (exact) mass is 310 g/mol. The van der Waals surface area contributed by atoms with E-state index in [4.69, 9.17) is 5.11 Å². The number of carboxylic acid groups (broad SMARTS) is 1. The van der Waals surface area contributed by atoms with Gasteiger partial charge in [-0.15, -0.1) is 11.3 Å². The summed E-state index contributed by atoms with van der Waals surface area (Å²) < 4.78 is 0. The molecule has 2 unspecified atom stereocenters. The lowest BCUT2D eigenvalue weighted by Crippen LogP contribution is -2.44. The van der Waals surface area contributed by atoms with Crippen LogP contribution in [0.15, 0.2) is 17.5 Å². The molecule has 1 aromatic heterocycles. The fourth-order valence-electron chi connectivity index (χ4n) is 2.76. The average Bonchev–Trinajstić information content (AvgIpc) is 3.11. The second kappa shape index (κ2) is 7.56. The maximum atomic E-state index is 12.4. The van der Waals surface area contributed by atoms with Gasteiger partial charge in [0, 0.05) is 11.4 Å². The van der Waals surface area contributed by atoms with E-state index >= 15 is 0 Å². The van der Waals surface area contributed by atoms with E-state index in [0.717, 1.165) is 25.8 Å². The molecule has 0 radical (unpaired) electrons. The summed E-state index contributed by atoms with van der Waals surface area (Å²) >= 11 is 1.67. The van der Waals surface area contributed by atoms with Gasteiger partial charge in [0.25, 0.3) is 0 Å². The summed E-state index contributed by atoms with van der Waals surface area (Å²) in [6, 6.07) is 3.59. The Kier molecular flexibility index (Phi) is 5.76. The SMILES string of the molecule is CCCC(NCC(=O)N1CCCC1c1cccs1)C(=O)O. The van der Waals surface area contributed by atoms with Crippen molar-refractivity contribution in [2.24, 2.45) is 0 Å². The van der Waals surface area contributed by atoms with Crippen molar-refractivity contribution < 1.29 is 14.7 Å². The molecule has 0 aromatic carbocycles. The average molecular weight is 310 g/mol. The van der Waals surface area contributed by atoms with E-state index in [1.807, 2.05) is 23.3 Å². The fraction of sp³-hybridized carbons (Fsp3) is 0.600. The van der Waals surface area contributed by atoms with Gasteiger partial charge in [-0.1, -0.05) is 19.4 Å². The van der Waals surface area contributed by atoms with Crippen molar-refractivity contribution >= 4 is 23.2 Å². The lowest BCUT2D eigenvalue weighted by molar-refractivity contribution is -0.140. The number of nitrogens with zero attached hydrogens (tertiary/aromatic N) is 1. The number of rotatable bonds is 7. The summed E-state index contributed by atoms with van der Waals surface area (Å²) in [5.74, 6) is -0.894. The zero-order valence-corrected chi connectivity index (χ0v) is 13.1. The van der Waals surface area contributed by atoms with E-state index in [1.54, 1.807) is 11.3 Å². The molecule has 2 atom stereocenters. The second-order valence-electron chi connectivity index (χ2n) is 5.32. The van der Waals surface area contributed by atoms with Crippen molar-refractivity contribution in [3.8, 4) is 0 Å². The minimum atomic E-state index is -0.888. The van der Waals surface area contributed by atoms with Crippen LogP contribution in [0.4, 0.5) is 0 Å². The molecule has 0 aliphatic carbocycles. The number of likely N-dealkylation sites (tertiary alicyclic amines) is 1.